The molecule has 2 N–H and O–H groups in total. The highest BCUT2D eigenvalue weighted by Crippen LogP contribution is 2.38. The van der Waals surface area contributed by atoms with Crippen molar-refractivity contribution >= 4 is 5.96 Å². The molecule has 0 amide bonds. The van der Waals surface area contributed by atoms with Gasteiger partial charge in [-0.25, -0.2) is 0 Å². The summed E-state index contributed by atoms with van der Waals surface area (Å²) in [6.45, 7) is -2.06. The lowest BCUT2D eigenvalue weighted by Crippen LogP contribution is -2.41. The van der Waals surface area contributed by atoms with E-state index in [1.165, 1.54) is 11.6 Å². The van der Waals surface area contributed by atoms with Crippen molar-refractivity contribution in [2.45, 2.75) is 19.2 Å². The zero-order valence-electron chi connectivity index (χ0n) is 17.2. The highest BCUT2D eigenvalue weighted by molar-refractivity contribution is 5.79. The van der Waals surface area contributed by atoms with Gasteiger partial charge in [0, 0.05) is 31.8 Å². The van der Waals surface area contributed by atoms with Crippen LogP contribution in [0.4, 0.5) is 8.78 Å². The summed E-state index contributed by atoms with van der Waals surface area (Å²) in [6.07, 6.45) is 0. The van der Waals surface area contributed by atoms with E-state index in [2.05, 4.69) is 37.4 Å². The van der Waals surface area contributed by atoms with Crippen LogP contribution < -0.4 is 24.8 Å². The summed E-state index contributed by atoms with van der Waals surface area (Å²) in [5.74, 6) is 1.45. The minimum Gasteiger partial charge on any atom is -0.454 e. The van der Waals surface area contributed by atoms with Gasteiger partial charge in [0.2, 0.25) is 6.79 Å². The predicted octanol–water partition coefficient (Wildman–Crippen LogP) is 2.98. The van der Waals surface area contributed by atoms with Crippen LogP contribution in [0.3, 0.4) is 0 Å². The Balaban J connectivity index is 1.65. The highest BCUT2D eigenvalue weighted by Gasteiger charge is 2.20. The topological polar surface area (TPSA) is 67.4 Å². The maximum Gasteiger partial charge on any atom is 0.387 e. The minimum atomic E-state index is -2.94. The lowest BCUT2D eigenvalue weighted by molar-refractivity contribution is -0.0505. The first kappa shape index (κ1) is 21.6. The highest BCUT2D eigenvalue weighted by atomic mass is 19.3. The molecule has 0 radical (unpaired) electrons. The molecule has 1 atom stereocenters. The van der Waals surface area contributed by atoms with Gasteiger partial charge in [-0.05, 0) is 25.7 Å². The van der Waals surface area contributed by atoms with Crippen LogP contribution >= 0.6 is 0 Å². The van der Waals surface area contributed by atoms with Gasteiger partial charge in [-0.1, -0.05) is 30.3 Å². The number of rotatable bonds is 8. The molecule has 1 heterocycles. The molecule has 0 fully saturated rings. The summed E-state index contributed by atoms with van der Waals surface area (Å²) in [4.78, 5) is 6.34. The summed E-state index contributed by atoms with van der Waals surface area (Å²) in [5.41, 5.74) is 1.68. The quantitative estimate of drug-likeness (QED) is 0.506. The number of hydrogen-bond acceptors (Lipinski definition) is 5. The molecule has 0 saturated heterocycles. The van der Waals surface area contributed by atoms with E-state index < -0.39 is 6.61 Å². The van der Waals surface area contributed by atoms with Crippen molar-refractivity contribution in [3.63, 3.8) is 0 Å². The first-order chi connectivity index (χ1) is 14.5. The molecule has 1 unspecified atom stereocenters. The summed E-state index contributed by atoms with van der Waals surface area (Å²) in [6, 6.07) is 13.3. The maximum atomic E-state index is 12.8. The summed E-state index contributed by atoms with van der Waals surface area (Å²) >= 11 is 0. The van der Waals surface area contributed by atoms with Gasteiger partial charge < -0.3 is 29.7 Å². The van der Waals surface area contributed by atoms with Gasteiger partial charge in [0.25, 0.3) is 0 Å². The first-order valence-electron chi connectivity index (χ1n) is 9.51. The number of ether oxygens (including phenoxy) is 3. The number of likely N-dealkylation sites (N-methyl/N-ethyl adjacent to an activating group) is 1. The van der Waals surface area contributed by atoms with Crippen molar-refractivity contribution in [2.75, 3.05) is 34.5 Å². The van der Waals surface area contributed by atoms with Crippen molar-refractivity contribution in [2.24, 2.45) is 4.99 Å². The van der Waals surface area contributed by atoms with Crippen LogP contribution in [0.25, 0.3) is 0 Å². The Labute approximate surface area is 174 Å². The number of nitrogens with one attached hydrogen (secondary N) is 2. The molecule has 3 rings (SSSR count). The number of aliphatic imine (C=N–C) groups is 1. The lowest BCUT2D eigenvalue weighted by atomic mass is 10.1. The fraction of sp³-hybridized carbons (Fsp3) is 0.381. The zero-order chi connectivity index (χ0) is 21.5. The van der Waals surface area contributed by atoms with Crippen molar-refractivity contribution in [3.8, 4) is 17.2 Å². The Kier molecular flexibility index (Phi) is 7.29. The molecule has 0 bridgehead atoms. The van der Waals surface area contributed by atoms with Crippen molar-refractivity contribution in [3.05, 3.63) is 53.6 Å². The summed E-state index contributed by atoms with van der Waals surface area (Å²) in [7, 11) is 5.67. The van der Waals surface area contributed by atoms with E-state index in [4.69, 9.17) is 9.47 Å². The maximum absolute atomic E-state index is 12.8. The smallest absolute Gasteiger partial charge is 0.387 e. The van der Waals surface area contributed by atoms with Gasteiger partial charge in [-0.3, -0.25) is 4.99 Å². The predicted molar refractivity (Wildman–Crippen MR) is 110 cm³/mol. The normalized spacial score (nSPS) is 14.2. The molecular weight excluding hydrogens is 394 g/mol. The molecule has 0 spiro atoms. The van der Waals surface area contributed by atoms with Gasteiger partial charge in [-0.2, -0.15) is 8.78 Å². The monoisotopic (exact) mass is 420 g/mol. The third kappa shape index (κ3) is 5.50. The Hall–Kier alpha value is -3.07. The molecule has 2 aromatic carbocycles. The molecule has 0 aromatic heterocycles. The number of benzene rings is 2. The molecule has 0 aliphatic carbocycles. The second kappa shape index (κ2) is 10.1. The zero-order valence-corrected chi connectivity index (χ0v) is 17.2. The molecule has 30 heavy (non-hydrogen) atoms. The van der Waals surface area contributed by atoms with Gasteiger partial charge in [0.05, 0.1) is 6.04 Å². The Morgan fingerprint density at radius 3 is 2.47 bits per heavy atom. The second-order valence-electron chi connectivity index (χ2n) is 6.89. The third-order valence-electron chi connectivity index (χ3n) is 4.71. The Morgan fingerprint density at radius 2 is 1.83 bits per heavy atom. The number of guanidine groups is 1. The first-order valence-corrected chi connectivity index (χ1v) is 9.51. The average Bonchev–Trinajstić information content (AvgIpc) is 3.17. The van der Waals surface area contributed by atoms with E-state index in [1.54, 1.807) is 13.1 Å². The molecule has 0 saturated carbocycles. The van der Waals surface area contributed by atoms with Crippen LogP contribution in [0.2, 0.25) is 0 Å². The number of halogens is 2. The second-order valence-corrected chi connectivity index (χ2v) is 6.89. The van der Waals surface area contributed by atoms with Gasteiger partial charge >= 0.3 is 6.61 Å². The van der Waals surface area contributed by atoms with Crippen LogP contribution in [0.1, 0.15) is 17.2 Å². The number of nitrogens with zero attached hydrogens (tertiary/aromatic N) is 2. The van der Waals surface area contributed by atoms with Crippen molar-refractivity contribution in [1.29, 1.82) is 0 Å². The molecule has 1 aliphatic rings. The fourth-order valence-electron chi connectivity index (χ4n) is 3.18. The van der Waals surface area contributed by atoms with Crippen LogP contribution in [0.15, 0.2) is 47.5 Å². The van der Waals surface area contributed by atoms with E-state index in [9.17, 15) is 8.78 Å². The van der Waals surface area contributed by atoms with E-state index >= 15 is 0 Å². The van der Waals surface area contributed by atoms with Crippen LogP contribution in [-0.4, -0.2) is 52.0 Å². The lowest BCUT2D eigenvalue weighted by Gasteiger charge is -2.26. The number of alkyl halides is 2. The van der Waals surface area contributed by atoms with Crippen LogP contribution in [0, 0.1) is 0 Å². The average molecular weight is 420 g/mol. The van der Waals surface area contributed by atoms with Crippen molar-refractivity contribution in [1.82, 2.24) is 15.5 Å². The summed E-state index contributed by atoms with van der Waals surface area (Å²) in [5, 5.41) is 6.42. The Morgan fingerprint density at radius 1 is 1.13 bits per heavy atom. The van der Waals surface area contributed by atoms with Crippen molar-refractivity contribution < 1.29 is 23.0 Å². The van der Waals surface area contributed by atoms with E-state index in [1.807, 2.05) is 32.3 Å². The van der Waals surface area contributed by atoms with Crippen LogP contribution in [0.5, 0.6) is 17.2 Å². The fourth-order valence-corrected chi connectivity index (χ4v) is 3.18. The molecular formula is C21H26F2N4O3. The number of hydrogen-bond donors (Lipinski definition) is 2. The molecule has 7 nitrogen and oxygen atoms in total. The number of fused-ring (bicyclic) bond motifs is 1. The third-order valence-corrected chi connectivity index (χ3v) is 4.71. The van der Waals surface area contributed by atoms with Gasteiger partial charge in [0.15, 0.2) is 17.5 Å². The van der Waals surface area contributed by atoms with Gasteiger partial charge in [0.1, 0.15) is 5.75 Å². The largest absolute Gasteiger partial charge is 0.454 e. The van der Waals surface area contributed by atoms with E-state index in [-0.39, 0.29) is 25.1 Å². The van der Waals surface area contributed by atoms with Crippen LogP contribution in [-0.2, 0) is 6.54 Å². The van der Waals surface area contributed by atoms with Gasteiger partial charge in [-0.15, -0.1) is 0 Å². The van der Waals surface area contributed by atoms with E-state index in [0.717, 1.165) is 0 Å². The standard InChI is InChI=1S/C21H26F2N4O3/c1-24-21(26-12-16(27(2)3)14-7-5-4-6-8-14)25-11-15-9-18-19(29-13-28-18)10-17(15)30-20(22)23/h4-10,16,20H,11-13H2,1-3H3,(H2,24,25,26). The molecule has 9 heteroatoms. The molecule has 162 valence electrons. The summed E-state index contributed by atoms with van der Waals surface area (Å²) < 4.78 is 40.9. The van der Waals surface area contributed by atoms with E-state index in [0.29, 0.717) is 29.6 Å². The molecule has 1 aliphatic heterocycles. The minimum absolute atomic E-state index is 0.0349. The SMILES string of the molecule is CN=C(NCc1cc2c(cc1OC(F)F)OCO2)NCC(c1ccccc1)N(C)C. The Bertz CT molecular complexity index is 863. The molecule has 2 aromatic rings.